The summed E-state index contributed by atoms with van der Waals surface area (Å²) < 4.78 is 0. The van der Waals surface area contributed by atoms with Crippen LogP contribution in [-0.2, 0) is 9.59 Å². The molecule has 7 nitrogen and oxygen atoms in total. The van der Waals surface area contributed by atoms with E-state index in [9.17, 15) is 19.6 Å². The van der Waals surface area contributed by atoms with Crippen molar-refractivity contribution in [3.63, 3.8) is 0 Å². The van der Waals surface area contributed by atoms with Crippen LogP contribution in [0.1, 0.15) is 52.4 Å². The van der Waals surface area contributed by atoms with Gasteiger partial charge in [0, 0.05) is 0 Å². The van der Waals surface area contributed by atoms with Gasteiger partial charge in [-0.05, 0) is 44.4 Å². The number of nitriles is 1. The number of nitrogens with one attached hydrogen (secondary N) is 2. The number of rotatable bonds is 4. The quantitative estimate of drug-likeness (QED) is 0.757. The van der Waals surface area contributed by atoms with Crippen LogP contribution < -0.4 is 10.6 Å². The van der Waals surface area contributed by atoms with Crippen molar-refractivity contribution in [2.45, 2.75) is 63.5 Å². The number of nitrogens with zero attached hydrogens (tertiary/aromatic N) is 2. The standard InChI is InChI=1S/C17H24N4O3/c1-11-5-3-4-8-17(11)14(23)21(15(24)20-17)9-13(22)19-16(2,10-18)12-6-7-12/h11-12H,3-9H2,1-2H3,(H,19,22)(H,20,24)/t11-,16+,17-/m1/s1. The largest absolute Gasteiger partial charge is 0.336 e. The summed E-state index contributed by atoms with van der Waals surface area (Å²) in [6, 6.07) is 1.64. The Bertz CT molecular complexity index is 624. The van der Waals surface area contributed by atoms with Crippen molar-refractivity contribution < 1.29 is 14.4 Å². The second kappa shape index (κ2) is 5.76. The molecule has 130 valence electrons. The molecule has 1 aliphatic heterocycles. The molecule has 2 saturated carbocycles. The lowest BCUT2D eigenvalue weighted by atomic mass is 9.73. The van der Waals surface area contributed by atoms with Gasteiger partial charge >= 0.3 is 6.03 Å². The van der Waals surface area contributed by atoms with Crippen molar-refractivity contribution in [3.05, 3.63) is 0 Å². The molecule has 3 aliphatic rings. The van der Waals surface area contributed by atoms with Crippen LogP contribution in [-0.4, -0.2) is 40.4 Å². The lowest BCUT2D eigenvalue weighted by Crippen LogP contribution is -2.54. The van der Waals surface area contributed by atoms with Crippen molar-refractivity contribution in [2.75, 3.05) is 6.54 Å². The molecule has 2 N–H and O–H groups in total. The SMILES string of the molecule is C[C@@H]1CCCC[C@@]12NC(=O)N(CC(=O)N[C@@](C)(C#N)C1CC1)C2=O. The number of hydrogen-bond donors (Lipinski definition) is 2. The molecule has 1 saturated heterocycles. The van der Waals surface area contributed by atoms with Gasteiger partial charge in [-0.3, -0.25) is 14.5 Å². The molecule has 3 fully saturated rings. The lowest BCUT2D eigenvalue weighted by Gasteiger charge is -2.36. The monoisotopic (exact) mass is 332 g/mol. The van der Waals surface area contributed by atoms with Crippen LogP contribution in [0.5, 0.6) is 0 Å². The fourth-order valence-electron chi connectivity index (χ4n) is 3.99. The normalized spacial score (nSPS) is 32.2. The number of carbonyl (C=O) groups excluding carboxylic acids is 3. The Kier molecular flexibility index (Phi) is 4.02. The second-order valence-electron chi connectivity index (χ2n) is 7.58. The number of hydrogen-bond acceptors (Lipinski definition) is 4. The van der Waals surface area contributed by atoms with Crippen molar-refractivity contribution in [2.24, 2.45) is 11.8 Å². The third kappa shape index (κ3) is 2.64. The molecule has 1 spiro atoms. The molecule has 0 aromatic rings. The molecule has 3 atom stereocenters. The Morgan fingerprint density at radius 3 is 2.71 bits per heavy atom. The van der Waals surface area contributed by atoms with Gasteiger partial charge in [-0.1, -0.05) is 19.8 Å². The average molecular weight is 332 g/mol. The second-order valence-corrected chi connectivity index (χ2v) is 7.58. The van der Waals surface area contributed by atoms with Crippen molar-refractivity contribution in [1.29, 1.82) is 5.26 Å². The maximum Gasteiger partial charge on any atom is 0.325 e. The molecule has 3 rings (SSSR count). The summed E-state index contributed by atoms with van der Waals surface area (Å²) in [5, 5.41) is 14.8. The van der Waals surface area contributed by atoms with E-state index in [1.54, 1.807) is 6.92 Å². The summed E-state index contributed by atoms with van der Waals surface area (Å²) in [4.78, 5) is 38.4. The van der Waals surface area contributed by atoms with Crippen LogP contribution >= 0.6 is 0 Å². The fourth-order valence-corrected chi connectivity index (χ4v) is 3.99. The third-order valence-corrected chi connectivity index (χ3v) is 5.83. The Balaban J connectivity index is 1.69. The smallest absolute Gasteiger partial charge is 0.325 e. The molecule has 2 aliphatic carbocycles. The van der Waals surface area contributed by atoms with E-state index in [-0.39, 0.29) is 24.3 Å². The van der Waals surface area contributed by atoms with Crippen LogP contribution in [0.15, 0.2) is 0 Å². The van der Waals surface area contributed by atoms with Gasteiger partial charge < -0.3 is 10.6 Å². The highest BCUT2D eigenvalue weighted by Crippen LogP contribution is 2.40. The first-order valence-electron chi connectivity index (χ1n) is 8.69. The maximum absolute atomic E-state index is 12.8. The summed E-state index contributed by atoms with van der Waals surface area (Å²) in [6.07, 6.45) is 5.27. The first-order chi connectivity index (χ1) is 11.3. The highest BCUT2D eigenvalue weighted by atomic mass is 16.2. The van der Waals surface area contributed by atoms with E-state index in [0.29, 0.717) is 6.42 Å². The van der Waals surface area contributed by atoms with Crippen LogP contribution in [0.25, 0.3) is 0 Å². The number of amides is 4. The highest BCUT2D eigenvalue weighted by molar-refractivity contribution is 6.09. The molecule has 7 heteroatoms. The van der Waals surface area contributed by atoms with Gasteiger partial charge in [0.2, 0.25) is 5.91 Å². The lowest BCUT2D eigenvalue weighted by molar-refractivity contribution is -0.137. The van der Waals surface area contributed by atoms with E-state index >= 15 is 0 Å². The van der Waals surface area contributed by atoms with E-state index in [2.05, 4.69) is 16.7 Å². The van der Waals surface area contributed by atoms with Gasteiger partial charge in [-0.15, -0.1) is 0 Å². The Labute approximate surface area is 141 Å². The first-order valence-corrected chi connectivity index (χ1v) is 8.69. The van der Waals surface area contributed by atoms with Gasteiger partial charge in [0.05, 0.1) is 6.07 Å². The predicted octanol–water partition coefficient (Wildman–Crippen LogP) is 1.30. The van der Waals surface area contributed by atoms with Crippen LogP contribution in [0.4, 0.5) is 4.79 Å². The van der Waals surface area contributed by atoms with Crippen LogP contribution in [0.2, 0.25) is 0 Å². The molecule has 4 amide bonds. The molecule has 1 heterocycles. The van der Waals surface area contributed by atoms with Crippen LogP contribution in [0, 0.1) is 23.2 Å². The van der Waals surface area contributed by atoms with Crippen molar-refractivity contribution in [1.82, 2.24) is 15.5 Å². The van der Waals surface area contributed by atoms with Gasteiger partial charge in [-0.25, -0.2) is 4.79 Å². The minimum atomic E-state index is -0.924. The Morgan fingerprint density at radius 2 is 2.12 bits per heavy atom. The molecular formula is C17H24N4O3. The minimum absolute atomic E-state index is 0.0617. The molecule has 0 bridgehead atoms. The molecule has 0 aromatic carbocycles. The van der Waals surface area contributed by atoms with Gasteiger partial charge in [0.25, 0.3) is 5.91 Å². The zero-order valence-corrected chi connectivity index (χ0v) is 14.2. The van der Waals surface area contributed by atoms with Gasteiger partial charge in [0.15, 0.2) is 0 Å². The van der Waals surface area contributed by atoms with E-state index in [1.165, 1.54) is 0 Å². The fraction of sp³-hybridized carbons (Fsp3) is 0.765. The maximum atomic E-state index is 12.8. The molecule has 0 aromatic heterocycles. The summed E-state index contributed by atoms with van der Waals surface area (Å²) in [7, 11) is 0. The topological polar surface area (TPSA) is 102 Å². The number of imide groups is 1. The summed E-state index contributed by atoms with van der Waals surface area (Å²) in [6.45, 7) is 3.34. The molecule has 0 unspecified atom stereocenters. The van der Waals surface area contributed by atoms with E-state index in [0.717, 1.165) is 37.0 Å². The number of carbonyl (C=O) groups is 3. The van der Waals surface area contributed by atoms with Crippen molar-refractivity contribution >= 4 is 17.8 Å². The van der Waals surface area contributed by atoms with E-state index in [1.807, 2.05) is 6.92 Å². The highest BCUT2D eigenvalue weighted by Gasteiger charge is 2.55. The summed E-state index contributed by atoms with van der Waals surface area (Å²) in [5.74, 6) is -0.555. The summed E-state index contributed by atoms with van der Waals surface area (Å²) in [5.41, 5.74) is -1.78. The zero-order valence-electron chi connectivity index (χ0n) is 14.2. The third-order valence-electron chi connectivity index (χ3n) is 5.83. The molecular weight excluding hydrogens is 308 g/mol. The molecule has 0 radical (unpaired) electrons. The predicted molar refractivity (Wildman–Crippen MR) is 85.5 cm³/mol. The Hall–Kier alpha value is -2.10. The average Bonchev–Trinajstić information content (AvgIpc) is 3.36. The van der Waals surface area contributed by atoms with Crippen molar-refractivity contribution in [3.8, 4) is 6.07 Å². The van der Waals surface area contributed by atoms with E-state index in [4.69, 9.17) is 0 Å². The zero-order chi connectivity index (χ0) is 17.5. The first kappa shape index (κ1) is 16.7. The Morgan fingerprint density at radius 1 is 1.42 bits per heavy atom. The van der Waals surface area contributed by atoms with Gasteiger partial charge in [-0.2, -0.15) is 5.26 Å². The molecule has 24 heavy (non-hydrogen) atoms. The van der Waals surface area contributed by atoms with E-state index < -0.39 is 23.0 Å². The minimum Gasteiger partial charge on any atom is -0.336 e. The van der Waals surface area contributed by atoms with Gasteiger partial charge in [0.1, 0.15) is 17.6 Å². The van der Waals surface area contributed by atoms with Crippen LogP contribution in [0.3, 0.4) is 0 Å². The number of urea groups is 1. The summed E-state index contributed by atoms with van der Waals surface area (Å²) >= 11 is 0.